The van der Waals surface area contributed by atoms with Crippen LogP contribution in [-0.4, -0.2) is 30.9 Å². The first kappa shape index (κ1) is 14.5. The van der Waals surface area contributed by atoms with E-state index in [1.807, 2.05) is 0 Å². The fourth-order valence-corrected chi connectivity index (χ4v) is 1.73. The van der Waals surface area contributed by atoms with Crippen molar-refractivity contribution < 1.29 is 23.4 Å². The number of anilines is 1. The molecular formula is C13H16F2N2O3. The van der Waals surface area contributed by atoms with Crippen molar-refractivity contribution in [2.75, 3.05) is 18.5 Å². The van der Waals surface area contributed by atoms with Gasteiger partial charge >= 0.3 is 12.6 Å². The summed E-state index contributed by atoms with van der Waals surface area (Å²) in [6.45, 7) is -2.39. The second-order valence-electron chi connectivity index (χ2n) is 4.87. The maximum absolute atomic E-state index is 12.0. The SMILES string of the molecule is O=C(NCC1(CO)CC1)Nc1ccc(OC(F)F)cc1. The van der Waals surface area contributed by atoms with Crippen molar-refractivity contribution >= 4 is 11.7 Å². The number of aliphatic hydroxyl groups excluding tert-OH is 1. The second kappa shape index (κ2) is 6.04. The molecule has 0 bridgehead atoms. The molecule has 110 valence electrons. The van der Waals surface area contributed by atoms with Gasteiger partial charge in [0.15, 0.2) is 0 Å². The molecule has 0 heterocycles. The minimum Gasteiger partial charge on any atom is -0.435 e. The molecule has 3 N–H and O–H groups in total. The van der Waals surface area contributed by atoms with Crippen molar-refractivity contribution in [3.8, 4) is 5.75 Å². The van der Waals surface area contributed by atoms with E-state index in [-0.39, 0.29) is 17.8 Å². The van der Waals surface area contributed by atoms with Crippen LogP contribution in [0.4, 0.5) is 19.3 Å². The number of aliphatic hydroxyl groups is 1. The van der Waals surface area contributed by atoms with Crippen LogP contribution in [0.25, 0.3) is 0 Å². The van der Waals surface area contributed by atoms with E-state index in [0.29, 0.717) is 12.2 Å². The fraction of sp³-hybridized carbons (Fsp3) is 0.462. The number of hydrogen-bond donors (Lipinski definition) is 3. The highest BCUT2D eigenvalue weighted by Gasteiger charge is 2.42. The molecule has 20 heavy (non-hydrogen) atoms. The van der Waals surface area contributed by atoms with Crippen molar-refractivity contribution in [2.45, 2.75) is 19.5 Å². The van der Waals surface area contributed by atoms with Crippen molar-refractivity contribution in [2.24, 2.45) is 5.41 Å². The van der Waals surface area contributed by atoms with E-state index >= 15 is 0 Å². The highest BCUT2D eigenvalue weighted by atomic mass is 19.3. The first-order chi connectivity index (χ1) is 9.53. The molecule has 0 atom stereocenters. The predicted molar refractivity (Wildman–Crippen MR) is 68.8 cm³/mol. The van der Waals surface area contributed by atoms with Gasteiger partial charge in [0.05, 0.1) is 6.61 Å². The number of urea groups is 1. The molecule has 1 aromatic carbocycles. The van der Waals surface area contributed by atoms with Gasteiger partial charge in [-0.05, 0) is 37.1 Å². The molecule has 0 saturated heterocycles. The number of amides is 2. The largest absolute Gasteiger partial charge is 0.435 e. The van der Waals surface area contributed by atoms with E-state index in [0.717, 1.165) is 12.8 Å². The molecule has 0 aliphatic heterocycles. The Balaban J connectivity index is 1.79. The standard InChI is InChI=1S/C13H16F2N2O3/c14-11(15)20-10-3-1-9(2-4-10)17-12(19)16-7-13(8-18)5-6-13/h1-4,11,18H,5-8H2,(H2,16,17,19). The normalized spacial score (nSPS) is 15.8. The molecule has 0 spiro atoms. The summed E-state index contributed by atoms with van der Waals surface area (Å²) >= 11 is 0. The Labute approximate surface area is 114 Å². The lowest BCUT2D eigenvalue weighted by atomic mass is 10.1. The molecule has 2 rings (SSSR count). The number of hydrogen-bond acceptors (Lipinski definition) is 3. The molecule has 0 aromatic heterocycles. The van der Waals surface area contributed by atoms with E-state index in [2.05, 4.69) is 15.4 Å². The fourth-order valence-electron chi connectivity index (χ4n) is 1.73. The van der Waals surface area contributed by atoms with Crippen LogP contribution in [0.1, 0.15) is 12.8 Å². The Morgan fingerprint density at radius 3 is 2.50 bits per heavy atom. The van der Waals surface area contributed by atoms with Gasteiger partial charge in [-0.2, -0.15) is 8.78 Å². The summed E-state index contributed by atoms with van der Waals surface area (Å²) in [4.78, 5) is 11.6. The van der Waals surface area contributed by atoms with E-state index in [1.54, 1.807) is 0 Å². The maximum atomic E-state index is 12.0. The van der Waals surface area contributed by atoms with Crippen molar-refractivity contribution in [3.63, 3.8) is 0 Å². The van der Waals surface area contributed by atoms with Gasteiger partial charge in [0.2, 0.25) is 0 Å². The lowest BCUT2D eigenvalue weighted by Gasteiger charge is -2.13. The summed E-state index contributed by atoms with van der Waals surface area (Å²) in [5.41, 5.74) is 0.310. The van der Waals surface area contributed by atoms with Gasteiger partial charge < -0.3 is 20.5 Å². The quantitative estimate of drug-likeness (QED) is 0.750. The lowest BCUT2D eigenvalue weighted by Crippen LogP contribution is -2.35. The zero-order valence-corrected chi connectivity index (χ0v) is 10.7. The van der Waals surface area contributed by atoms with Gasteiger partial charge in [0.1, 0.15) is 5.75 Å². The summed E-state index contributed by atoms with van der Waals surface area (Å²) in [6.07, 6.45) is 1.81. The average Bonchev–Trinajstić information content (AvgIpc) is 3.19. The number of rotatable bonds is 6. The molecule has 7 heteroatoms. The zero-order chi connectivity index (χ0) is 14.6. The van der Waals surface area contributed by atoms with Crippen LogP contribution in [0.3, 0.4) is 0 Å². The van der Waals surface area contributed by atoms with Crippen LogP contribution in [0.5, 0.6) is 5.75 Å². The Morgan fingerprint density at radius 1 is 1.35 bits per heavy atom. The minimum absolute atomic E-state index is 0.0307. The molecule has 1 aromatic rings. The third kappa shape index (κ3) is 4.06. The minimum atomic E-state index is -2.87. The third-order valence-electron chi connectivity index (χ3n) is 3.25. The van der Waals surface area contributed by atoms with Gasteiger partial charge in [-0.3, -0.25) is 0 Å². The molecule has 1 fully saturated rings. The predicted octanol–water partition coefficient (Wildman–Crippen LogP) is 2.18. The summed E-state index contributed by atoms with van der Waals surface area (Å²) < 4.78 is 28.1. The van der Waals surface area contributed by atoms with E-state index in [1.165, 1.54) is 24.3 Å². The number of alkyl halides is 2. The van der Waals surface area contributed by atoms with Crippen molar-refractivity contribution in [1.82, 2.24) is 5.32 Å². The third-order valence-corrected chi connectivity index (χ3v) is 3.25. The first-order valence-electron chi connectivity index (χ1n) is 6.24. The van der Waals surface area contributed by atoms with E-state index in [4.69, 9.17) is 5.11 Å². The zero-order valence-electron chi connectivity index (χ0n) is 10.7. The number of carbonyl (C=O) groups excluding carboxylic acids is 1. The summed E-state index contributed by atoms with van der Waals surface area (Å²) in [5.74, 6) is 0.0307. The second-order valence-corrected chi connectivity index (χ2v) is 4.87. The molecule has 1 aliphatic rings. The number of carbonyl (C=O) groups is 1. The summed E-state index contributed by atoms with van der Waals surface area (Å²) in [5, 5.41) is 14.4. The smallest absolute Gasteiger partial charge is 0.387 e. The van der Waals surface area contributed by atoms with Gasteiger partial charge in [-0.1, -0.05) is 0 Å². The van der Waals surface area contributed by atoms with Crippen LogP contribution in [0.2, 0.25) is 0 Å². The Kier molecular flexibility index (Phi) is 4.39. The average molecular weight is 286 g/mol. The Hall–Kier alpha value is -1.89. The van der Waals surface area contributed by atoms with Gasteiger partial charge in [-0.15, -0.1) is 0 Å². The first-order valence-corrected chi connectivity index (χ1v) is 6.24. The molecule has 2 amide bonds. The number of benzene rings is 1. The topological polar surface area (TPSA) is 70.6 Å². The molecule has 0 unspecified atom stereocenters. The Bertz CT molecular complexity index is 461. The number of halogens is 2. The van der Waals surface area contributed by atoms with E-state index < -0.39 is 12.6 Å². The molecular weight excluding hydrogens is 270 g/mol. The number of ether oxygens (including phenoxy) is 1. The number of nitrogens with one attached hydrogen (secondary N) is 2. The molecule has 5 nitrogen and oxygen atoms in total. The van der Waals surface area contributed by atoms with E-state index in [9.17, 15) is 13.6 Å². The molecule has 1 aliphatic carbocycles. The monoisotopic (exact) mass is 286 g/mol. The van der Waals surface area contributed by atoms with Gasteiger partial charge in [0, 0.05) is 17.6 Å². The van der Waals surface area contributed by atoms with Crippen LogP contribution < -0.4 is 15.4 Å². The van der Waals surface area contributed by atoms with Crippen LogP contribution in [-0.2, 0) is 0 Å². The van der Waals surface area contributed by atoms with Crippen molar-refractivity contribution in [3.05, 3.63) is 24.3 Å². The van der Waals surface area contributed by atoms with Gasteiger partial charge in [0.25, 0.3) is 0 Å². The van der Waals surface area contributed by atoms with Crippen LogP contribution >= 0.6 is 0 Å². The highest BCUT2D eigenvalue weighted by molar-refractivity contribution is 5.89. The van der Waals surface area contributed by atoms with Crippen LogP contribution in [0.15, 0.2) is 24.3 Å². The van der Waals surface area contributed by atoms with Crippen molar-refractivity contribution in [1.29, 1.82) is 0 Å². The summed E-state index contributed by atoms with van der Waals surface area (Å²) in [7, 11) is 0. The van der Waals surface area contributed by atoms with Gasteiger partial charge in [-0.25, -0.2) is 4.79 Å². The highest BCUT2D eigenvalue weighted by Crippen LogP contribution is 2.44. The summed E-state index contributed by atoms with van der Waals surface area (Å²) in [6, 6.07) is 5.23. The van der Waals surface area contributed by atoms with Crippen LogP contribution in [0, 0.1) is 5.41 Å². The maximum Gasteiger partial charge on any atom is 0.387 e. The lowest BCUT2D eigenvalue weighted by molar-refractivity contribution is -0.0498. The Morgan fingerprint density at radius 2 is 2.00 bits per heavy atom. The molecule has 0 radical (unpaired) electrons. The molecule has 1 saturated carbocycles.